The number of likely N-dealkylation sites (N-methyl/N-ethyl adjacent to an activating group) is 1. The molecule has 0 spiro atoms. The minimum atomic E-state index is -0.0630. The molecule has 0 aliphatic heterocycles. The molecule has 0 aromatic heterocycles. The number of carbonyl (C=O) groups is 2. The van der Waals surface area contributed by atoms with Crippen LogP contribution in [0.4, 0.5) is 5.69 Å². The highest BCUT2D eigenvalue weighted by Gasteiger charge is 2.21. The van der Waals surface area contributed by atoms with Crippen molar-refractivity contribution in [3.8, 4) is 0 Å². The number of quaternary nitrogens is 1. The molecule has 2 amide bonds. The van der Waals surface area contributed by atoms with Crippen molar-refractivity contribution >= 4 is 17.5 Å². The smallest absolute Gasteiger partial charge is 0.279 e. The van der Waals surface area contributed by atoms with Gasteiger partial charge in [0.1, 0.15) is 0 Å². The average molecular weight is 363 g/mol. The quantitative estimate of drug-likeness (QED) is 0.705. The second kappa shape index (κ2) is 10.3. The number of nitrogens with zero attached hydrogens (tertiary/aromatic N) is 1. The van der Waals surface area contributed by atoms with E-state index in [0.29, 0.717) is 18.4 Å². The highest BCUT2D eigenvalue weighted by atomic mass is 16.2. The maximum absolute atomic E-state index is 12.6. The van der Waals surface area contributed by atoms with E-state index in [0.717, 1.165) is 34.8 Å². The molecule has 0 radical (unpaired) electrons. The number of hydrogen-bond acceptors (Lipinski definition) is 2. The molecule has 1 aromatic carbocycles. The zero-order valence-electron chi connectivity index (χ0n) is 17.5. The van der Waals surface area contributed by atoms with E-state index in [1.807, 2.05) is 44.0 Å². The maximum Gasteiger partial charge on any atom is 0.279 e. The van der Waals surface area contributed by atoms with Crippen molar-refractivity contribution in [2.45, 2.75) is 41.5 Å². The minimum absolute atomic E-state index is 0.0630. The zero-order valence-corrected chi connectivity index (χ0v) is 17.5. The van der Waals surface area contributed by atoms with Gasteiger partial charge in [-0.05, 0) is 36.8 Å². The Morgan fingerprint density at radius 2 is 1.50 bits per heavy atom. The molecule has 1 unspecified atom stereocenters. The Hall–Kier alpha value is -1.88. The first kappa shape index (κ1) is 22.2. The Kier molecular flexibility index (Phi) is 8.79. The molecule has 0 heterocycles. The lowest BCUT2D eigenvalue weighted by molar-refractivity contribution is -0.862. The number of nitrogens with one attached hydrogen (secondary N) is 2. The van der Waals surface area contributed by atoms with Crippen LogP contribution in [-0.4, -0.2) is 49.9 Å². The summed E-state index contributed by atoms with van der Waals surface area (Å²) >= 11 is 0. The first-order valence-electron chi connectivity index (χ1n) is 9.55. The molecule has 0 saturated carbocycles. The van der Waals surface area contributed by atoms with E-state index in [-0.39, 0.29) is 18.4 Å². The first-order chi connectivity index (χ1) is 12.1. The van der Waals surface area contributed by atoms with Crippen molar-refractivity contribution in [1.82, 2.24) is 4.90 Å². The Bertz CT molecular complexity index is 581. The number of aryl methyl sites for hydroxylation is 2. The predicted molar refractivity (Wildman–Crippen MR) is 107 cm³/mol. The minimum Gasteiger partial charge on any atom is -0.337 e. The SMILES string of the molecule is Cc1cccc(C)c1NC(=O)C[NH+](C)CC(=O)N(CC(C)C)CC(C)C. The fourth-order valence-electron chi connectivity index (χ4n) is 3.06. The zero-order chi connectivity index (χ0) is 19.9. The van der Waals surface area contributed by atoms with E-state index < -0.39 is 0 Å². The third-order valence-corrected chi connectivity index (χ3v) is 4.18. The monoisotopic (exact) mass is 362 g/mol. The lowest BCUT2D eigenvalue weighted by Gasteiger charge is -2.27. The molecule has 1 aromatic rings. The van der Waals surface area contributed by atoms with Crippen molar-refractivity contribution in [2.24, 2.45) is 11.8 Å². The molecule has 0 aliphatic rings. The van der Waals surface area contributed by atoms with E-state index in [1.165, 1.54) is 0 Å². The molecule has 2 N–H and O–H groups in total. The van der Waals surface area contributed by atoms with Crippen molar-refractivity contribution in [1.29, 1.82) is 0 Å². The molecule has 5 heteroatoms. The summed E-state index contributed by atoms with van der Waals surface area (Å²) in [4.78, 5) is 27.9. The van der Waals surface area contributed by atoms with E-state index >= 15 is 0 Å². The third kappa shape index (κ3) is 7.56. The molecule has 1 rings (SSSR count). The number of hydrogen-bond donors (Lipinski definition) is 2. The molecular formula is C21H36N3O2+. The van der Waals surface area contributed by atoms with Crippen molar-refractivity contribution in [3.63, 3.8) is 0 Å². The van der Waals surface area contributed by atoms with Crippen LogP contribution in [-0.2, 0) is 9.59 Å². The molecule has 0 aliphatic carbocycles. The average Bonchev–Trinajstić information content (AvgIpc) is 2.49. The van der Waals surface area contributed by atoms with Gasteiger partial charge < -0.3 is 15.1 Å². The predicted octanol–water partition coefficient (Wildman–Crippen LogP) is 1.90. The van der Waals surface area contributed by atoms with Crippen molar-refractivity contribution in [3.05, 3.63) is 29.3 Å². The van der Waals surface area contributed by atoms with Gasteiger partial charge in [0.2, 0.25) is 0 Å². The molecule has 5 nitrogen and oxygen atoms in total. The molecular weight excluding hydrogens is 326 g/mol. The van der Waals surface area contributed by atoms with Gasteiger partial charge in [-0.25, -0.2) is 0 Å². The highest BCUT2D eigenvalue weighted by Crippen LogP contribution is 2.18. The number of rotatable bonds is 9. The summed E-state index contributed by atoms with van der Waals surface area (Å²) in [5.41, 5.74) is 2.97. The molecule has 1 atom stereocenters. The first-order valence-corrected chi connectivity index (χ1v) is 9.55. The van der Waals surface area contributed by atoms with Crippen LogP contribution in [0, 0.1) is 25.7 Å². The van der Waals surface area contributed by atoms with Crippen LogP contribution in [0.2, 0.25) is 0 Å². The van der Waals surface area contributed by atoms with Crippen LogP contribution in [0.25, 0.3) is 0 Å². The van der Waals surface area contributed by atoms with Crippen molar-refractivity contribution < 1.29 is 14.5 Å². The lowest BCUT2D eigenvalue weighted by Crippen LogP contribution is -3.11. The van der Waals surface area contributed by atoms with Gasteiger partial charge in [-0.2, -0.15) is 0 Å². The summed E-state index contributed by atoms with van der Waals surface area (Å²) in [6, 6.07) is 5.95. The van der Waals surface area contributed by atoms with Crippen LogP contribution in [0.15, 0.2) is 18.2 Å². The molecule has 0 fully saturated rings. The Labute approximate surface area is 158 Å². The summed E-state index contributed by atoms with van der Waals surface area (Å²) in [6.07, 6.45) is 0. The van der Waals surface area contributed by atoms with Crippen LogP contribution in [0.1, 0.15) is 38.8 Å². The van der Waals surface area contributed by atoms with Gasteiger partial charge in [0.05, 0.1) is 7.05 Å². The fourth-order valence-corrected chi connectivity index (χ4v) is 3.06. The van der Waals surface area contributed by atoms with Crippen LogP contribution in [0.3, 0.4) is 0 Å². The van der Waals surface area contributed by atoms with E-state index in [2.05, 4.69) is 33.0 Å². The van der Waals surface area contributed by atoms with Gasteiger partial charge >= 0.3 is 0 Å². The summed E-state index contributed by atoms with van der Waals surface area (Å²) in [6.45, 7) is 14.6. The Morgan fingerprint density at radius 3 is 1.96 bits per heavy atom. The van der Waals surface area contributed by atoms with Gasteiger partial charge in [0.15, 0.2) is 13.1 Å². The van der Waals surface area contributed by atoms with Gasteiger partial charge in [0, 0.05) is 18.8 Å². The van der Waals surface area contributed by atoms with Gasteiger partial charge in [-0.15, -0.1) is 0 Å². The van der Waals surface area contributed by atoms with E-state index in [9.17, 15) is 9.59 Å². The largest absolute Gasteiger partial charge is 0.337 e. The van der Waals surface area contributed by atoms with Crippen LogP contribution >= 0.6 is 0 Å². The van der Waals surface area contributed by atoms with Gasteiger partial charge in [0.25, 0.3) is 11.8 Å². The number of anilines is 1. The molecule has 146 valence electrons. The highest BCUT2D eigenvalue weighted by molar-refractivity contribution is 5.93. The molecule has 0 bridgehead atoms. The summed E-state index contributed by atoms with van der Waals surface area (Å²) in [5, 5.41) is 2.99. The molecule has 26 heavy (non-hydrogen) atoms. The second-order valence-corrected chi connectivity index (χ2v) is 8.21. The van der Waals surface area contributed by atoms with Crippen LogP contribution in [0.5, 0.6) is 0 Å². The van der Waals surface area contributed by atoms with Gasteiger partial charge in [-0.3, -0.25) is 9.59 Å². The standard InChI is InChI=1S/C21H35N3O2/c1-15(2)11-24(12-16(3)4)20(26)14-23(7)13-19(25)22-21-17(5)9-8-10-18(21)6/h8-10,15-16H,11-14H2,1-7H3,(H,22,25)/p+1. The lowest BCUT2D eigenvalue weighted by atomic mass is 10.1. The number of benzene rings is 1. The Balaban J connectivity index is 2.61. The Morgan fingerprint density at radius 1 is 1.00 bits per heavy atom. The summed E-state index contributed by atoms with van der Waals surface area (Å²) in [7, 11) is 1.89. The van der Waals surface area contributed by atoms with Crippen LogP contribution < -0.4 is 10.2 Å². The third-order valence-electron chi connectivity index (χ3n) is 4.18. The number of amides is 2. The van der Waals surface area contributed by atoms with E-state index in [1.54, 1.807) is 0 Å². The van der Waals surface area contributed by atoms with E-state index in [4.69, 9.17) is 0 Å². The number of carbonyl (C=O) groups excluding carboxylic acids is 2. The summed E-state index contributed by atoms with van der Waals surface area (Å²) in [5.74, 6) is 0.924. The topological polar surface area (TPSA) is 53.9 Å². The second-order valence-electron chi connectivity index (χ2n) is 8.21. The summed E-state index contributed by atoms with van der Waals surface area (Å²) < 4.78 is 0. The fraction of sp³-hybridized carbons (Fsp3) is 0.619. The maximum atomic E-state index is 12.6. The van der Waals surface area contributed by atoms with Gasteiger partial charge in [-0.1, -0.05) is 45.9 Å². The van der Waals surface area contributed by atoms with Crippen molar-refractivity contribution in [2.75, 3.05) is 38.5 Å². The number of para-hydroxylation sites is 1. The molecule has 0 saturated heterocycles. The normalized spacial score (nSPS) is 12.3.